The standard InChI is InChI=1S/C13H19N3/c1-9-15-12(10-2-3-10)8-13(16-9)11-4-6-14-7-5-11/h8,10-11,14H,2-7H2,1H3. The van der Waals surface area contributed by atoms with E-state index < -0.39 is 0 Å². The van der Waals surface area contributed by atoms with E-state index in [0.717, 1.165) is 24.8 Å². The van der Waals surface area contributed by atoms with Gasteiger partial charge in [0.25, 0.3) is 0 Å². The van der Waals surface area contributed by atoms with E-state index in [4.69, 9.17) is 0 Å². The Labute approximate surface area is 96.7 Å². The lowest BCUT2D eigenvalue weighted by Gasteiger charge is -2.22. The molecule has 3 rings (SSSR count). The Bertz CT molecular complexity index is 379. The van der Waals surface area contributed by atoms with Crippen molar-refractivity contribution in [3.8, 4) is 0 Å². The van der Waals surface area contributed by atoms with Crippen molar-refractivity contribution >= 4 is 0 Å². The van der Waals surface area contributed by atoms with Crippen LogP contribution in [0, 0.1) is 6.92 Å². The summed E-state index contributed by atoms with van der Waals surface area (Å²) in [5.74, 6) is 2.35. The van der Waals surface area contributed by atoms with Gasteiger partial charge in [-0.3, -0.25) is 0 Å². The van der Waals surface area contributed by atoms with Crippen LogP contribution in [-0.2, 0) is 0 Å². The molecule has 1 saturated carbocycles. The van der Waals surface area contributed by atoms with Gasteiger partial charge in [0.05, 0.1) is 0 Å². The summed E-state index contributed by atoms with van der Waals surface area (Å²) in [6.45, 7) is 4.29. The fraction of sp³-hybridized carbons (Fsp3) is 0.692. The second kappa shape index (κ2) is 4.13. The van der Waals surface area contributed by atoms with Crippen LogP contribution in [0.5, 0.6) is 0 Å². The number of nitrogens with zero attached hydrogens (tertiary/aromatic N) is 2. The molecule has 1 N–H and O–H groups in total. The zero-order chi connectivity index (χ0) is 11.0. The summed E-state index contributed by atoms with van der Waals surface area (Å²) < 4.78 is 0. The third kappa shape index (κ3) is 2.09. The molecule has 3 nitrogen and oxygen atoms in total. The molecule has 86 valence electrons. The Balaban J connectivity index is 1.86. The minimum absolute atomic E-state index is 0.653. The SMILES string of the molecule is Cc1nc(C2CCNCC2)cc(C2CC2)n1. The van der Waals surface area contributed by atoms with Crippen LogP contribution >= 0.6 is 0 Å². The molecule has 0 unspecified atom stereocenters. The lowest BCUT2D eigenvalue weighted by Crippen LogP contribution is -2.27. The zero-order valence-corrected chi connectivity index (χ0v) is 9.87. The van der Waals surface area contributed by atoms with Gasteiger partial charge in [-0.05, 0) is 51.8 Å². The third-order valence-electron chi connectivity index (χ3n) is 3.63. The summed E-state index contributed by atoms with van der Waals surface area (Å²) in [5, 5.41) is 3.41. The topological polar surface area (TPSA) is 37.8 Å². The Morgan fingerprint density at radius 3 is 2.12 bits per heavy atom. The third-order valence-corrected chi connectivity index (χ3v) is 3.63. The van der Waals surface area contributed by atoms with Crippen LogP contribution < -0.4 is 5.32 Å². The van der Waals surface area contributed by atoms with Crippen LogP contribution in [0.2, 0.25) is 0 Å². The number of hydrogen-bond acceptors (Lipinski definition) is 3. The van der Waals surface area contributed by atoms with Crippen molar-refractivity contribution in [3.05, 3.63) is 23.3 Å². The maximum atomic E-state index is 4.63. The van der Waals surface area contributed by atoms with Crippen molar-refractivity contribution in [3.63, 3.8) is 0 Å². The monoisotopic (exact) mass is 217 g/mol. The normalized spacial score (nSPS) is 22.3. The fourth-order valence-corrected chi connectivity index (χ4v) is 2.53. The van der Waals surface area contributed by atoms with E-state index in [0.29, 0.717) is 5.92 Å². The Hall–Kier alpha value is -0.960. The first-order valence-corrected chi connectivity index (χ1v) is 6.39. The molecule has 0 amide bonds. The van der Waals surface area contributed by atoms with E-state index in [1.807, 2.05) is 6.92 Å². The van der Waals surface area contributed by atoms with E-state index in [-0.39, 0.29) is 0 Å². The van der Waals surface area contributed by atoms with Gasteiger partial charge in [-0.1, -0.05) is 0 Å². The zero-order valence-electron chi connectivity index (χ0n) is 9.87. The molecule has 0 aromatic carbocycles. The highest BCUT2D eigenvalue weighted by molar-refractivity contribution is 5.21. The molecule has 0 atom stereocenters. The van der Waals surface area contributed by atoms with Crippen molar-refractivity contribution < 1.29 is 0 Å². The molecule has 16 heavy (non-hydrogen) atoms. The molecule has 2 fully saturated rings. The van der Waals surface area contributed by atoms with E-state index in [1.165, 1.54) is 37.1 Å². The van der Waals surface area contributed by atoms with Gasteiger partial charge in [0.15, 0.2) is 0 Å². The van der Waals surface area contributed by atoms with Gasteiger partial charge in [0.1, 0.15) is 5.82 Å². The number of piperidine rings is 1. The fourth-order valence-electron chi connectivity index (χ4n) is 2.53. The molecule has 1 aromatic rings. The Morgan fingerprint density at radius 2 is 1.56 bits per heavy atom. The van der Waals surface area contributed by atoms with E-state index in [1.54, 1.807) is 0 Å². The minimum atomic E-state index is 0.653. The molecule has 1 saturated heterocycles. The first-order chi connectivity index (χ1) is 7.83. The first-order valence-electron chi connectivity index (χ1n) is 6.39. The second-order valence-electron chi connectivity index (χ2n) is 5.06. The summed E-state index contributed by atoms with van der Waals surface area (Å²) >= 11 is 0. The van der Waals surface area contributed by atoms with Gasteiger partial charge in [-0.2, -0.15) is 0 Å². The number of aromatic nitrogens is 2. The summed E-state index contributed by atoms with van der Waals surface area (Å²) in [6.07, 6.45) is 5.09. The minimum Gasteiger partial charge on any atom is -0.317 e. The lowest BCUT2D eigenvalue weighted by atomic mass is 9.93. The number of aryl methyl sites for hydroxylation is 1. The average molecular weight is 217 g/mol. The highest BCUT2D eigenvalue weighted by atomic mass is 14.9. The van der Waals surface area contributed by atoms with Gasteiger partial charge in [-0.15, -0.1) is 0 Å². The quantitative estimate of drug-likeness (QED) is 0.824. The second-order valence-corrected chi connectivity index (χ2v) is 5.06. The highest BCUT2D eigenvalue weighted by Crippen LogP contribution is 2.39. The van der Waals surface area contributed by atoms with Crippen molar-refractivity contribution in [2.45, 2.75) is 44.4 Å². The van der Waals surface area contributed by atoms with Crippen LogP contribution in [0.15, 0.2) is 6.07 Å². The van der Waals surface area contributed by atoms with Gasteiger partial charge in [-0.25, -0.2) is 9.97 Å². The van der Waals surface area contributed by atoms with Crippen LogP contribution in [0.25, 0.3) is 0 Å². The maximum Gasteiger partial charge on any atom is 0.125 e. The van der Waals surface area contributed by atoms with Gasteiger partial charge in [0, 0.05) is 23.2 Å². The van der Waals surface area contributed by atoms with E-state index in [9.17, 15) is 0 Å². The molecule has 0 spiro atoms. The molecule has 0 radical (unpaired) electrons. The Morgan fingerprint density at radius 1 is 1.00 bits per heavy atom. The molecular weight excluding hydrogens is 198 g/mol. The van der Waals surface area contributed by atoms with Crippen LogP contribution in [0.4, 0.5) is 0 Å². The molecular formula is C13H19N3. The first kappa shape index (κ1) is 10.2. The lowest BCUT2D eigenvalue weighted by molar-refractivity contribution is 0.451. The molecule has 1 aliphatic carbocycles. The van der Waals surface area contributed by atoms with Gasteiger partial charge in [0.2, 0.25) is 0 Å². The van der Waals surface area contributed by atoms with Crippen molar-refractivity contribution in [2.24, 2.45) is 0 Å². The van der Waals surface area contributed by atoms with Gasteiger partial charge < -0.3 is 5.32 Å². The number of nitrogens with one attached hydrogen (secondary N) is 1. The molecule has 3 heteroatoms. The van der Waals surface area contributed by atoms with Crippen molar-refractivity contribution in [1.82, 2.24) is 15.3 Å². The van der Waals surface area contributed by atoms with Crippen LogP contribution in [0.1, 0.15) is 54.7 Å². The Kier molecular flexibility index (Phi) is 2.64. The molecule has 1 aliphatic heterocycles. The smallest absolute Gasteiger partial charge is 0.125 e. The van der Waals surface area contributed by atoms with Crippen molar-refractivity contribution in [1.29, 1.82) is 0 Å². The van der Waals surface area contributed by atoms with Crippen LogP contribution in [0.3, 0.4) is 0 Å². The molecule has 1 aromatic heterocycles. The summed E-state index contributed by atoms with van der Waals surface area (Å²) in [5.41, 5.74) is 2.58. The predicted molar refractivity (Wildman–Crippen MR) is 63.6 cm³/mol. The largest absolute Gasteiger partial charge is 0.317 e. The summed E-state index contributed by atoms with van der Waals surface area (Å²) in [7, 11) is 0. The molecule has 2 aliphatic rings. The summed E-state index contributed by atoms with van der Waals surface area (Å²) in [6, 6.07) is 2.26. The van der Waals surface area contributed by atoms with Crippen LogP contribution in [-0.4, -0.2) is 23.1 Å². The van der Waals surface area contributed by atoms with Crippen molar-refractivity contribution in [2.75, 3.05) is 13.1 Å². The number of hydrogen-bond donors (Lipinski definition) is 1. The molecule has 2 heterocycles. The maximum absolute atomic E-state index is 4.63. The summed E-state index contributed by atoms with van der Waals surface area (Å²) in [4.78, 5) is 9.19. The molecule has 0 bridgehead atoms. The predicted octanol–water partition coefficient (Wildman–Crippen LogP) is 2.13. The van der Waals surface area contributed by atoms with E-state index in [2.05, 4.69) is 21.4 Å². The van der Waals surface area contributed by atoms with Gasteiger partial charge >= 0.3 is 0 Å². The average Bonchev–Trinajstić information content (AvgIpc) is 3.13. The number of rotatable bonds is 2. The van der Waals surface area contributed by atoms with E-state index >= 15 is 0 Å². The highest BCUT2D eigenvalue weighted by Gasteiger charge is 2.27.